The molecule has 38 heavy (non-hydrogen) atoms. The number of aromatic nitrogens is 1. The van der Waals surface area contributed by atoms with Gasteiger partial charge < -0.3 is 26.4 Å². The summed E-state index contributed by atoms with van der Waals surface area (Å²) in [5.74, 6) is 0.500. The number of fused-ring (bicyclic) bond motifs is 1. The monoisotopic (exact) mass is 521 g/mol. The number of phenolic OH excluding ortho intramolecular Hbond substituents is 1. The van der Waals surface area contributed by atoms with Gasteiger partial charge in [-0.3, -0.25) is 4.79 Å². The van der Waals surface area contributed by atoms with Crippen molar-refractivity contribution in [1.29, 1.82) is 0 Å². The second kappa shape index (κ2) is 14.9. The zero-order valence-corrected chi connectivity index (χ0v) is 23.3. The lowest BCUT2D eigenvalue weighted by Gasteiger charge is -2.29. The minimum atomic E-state index is -0.296. The average molecular weight is 522 g/mol. The van der Waals surface area contributed by atoms with Crippen LogP contribution in [0.25, 0.3) is 10.8 Å². The van der Waals surface area contributed by atoms with E-state index < -0.39 is 0 Å². The zero-order valence-electron chi connectivity index (χ0n) is 23.3. The Kier molecular flexibility index (Phi) is 12.0. The van der Waals surface area contributed by atoms with Crippen molar-refractivity contribution >= 4 is 28.5 Å². The Morgan fingerprint density at radius 1 is 1.05 bits per heavy atom. The lowest BCUT2D eigenvalue weighted by Crippen LogP contribution is -2.44. The fourth-order valence-electron chi connectivity index (χ4n) is 4.10. The molecule has 0 aliphatic heterocycles. The average Bonchev–Trinajstić information content (AvgIpc) is 2.90. The van der Waals surface area contributed by atoms with E-state index in [4.69, 9.17) is 5.73 Å². The van der Waals surface area contributed by atoms with Gasteiger partial charge in [-0.2, -0.15) is 0 Å². The van der Waals surface area contributed by atoms with Gasteiger partial charge in [-0.05, 0) is 57.0 Å². The third-order valence-electron chi connectivity index (χ3n) is 6.25. The fourth-order valence-corrected chi connectivity index (χ4v) is 4.10. The number of nitrogens with one attached hydrogen (secondary N) is 2. The molecule has 206 valence electrons. The van der Waals surface area contributed by atoms with Crippen molar-refractivity contribution < 1.29 is 14.7 Å². The van der Waals surface area contributed by atoms with Gasteiger partial charge in [-0.25, -0.2) is 9.78 Å². The summed E-state index contributed by atoms with van der Waals surface area (Å²) in [5.41, 5.74) is 6.49. The second-order valence-electron chi connectivity index (χ2n) is 9.94. The first-order chi connectivity index (χ1) is 18.1. The number of hydrogen-bond acceptors (Lipinski definition) is 5. The van der Waals surface area contributed by atoms with Crippen LogP contribution in [-0.4, -0.2) is 45.6 Å². The lowest BCUT2D eigenvalue weighted by atomic mass is 9.95. The largest absolute Gasteiger partial charge is 0.508 e. The molecule has 0 aliphatic rings. The molecule has 2 aromatic carbocycles. The summed E-state index contributed by atoms with van der Waals surface area (Å²) in [5, 5.41) is 17.7. The number of hydrogen-bond donors (Lipinski definition) is 4. The molecule has 0 aliphatic carbocycles. The number of phenols is 1. The van der Waals surface area contributed by atoms with Gasteiger partial charge in [0, 0.05) is 48.7 Å². The molecule has 3 aromatic rings. The molecular weight excluding hydrogens is 478 g/mol. The smallest absolute Gasteiger partial charge is 0.317 e. The molecule has 3 rings (SSSR count). The van der Waals surface area contributed by atoms with E-state index in [1.54, 1.807) is 36.3 Å². The summed E-state index contributed by atoms with van der Waals surface area (Å²) < 4.78 is 0. The van der Waals surface area contributed by atoms with E-state index >= 15 is 0 Å². The molecule has 0 fully saturated rings. The molecule has 8 nitrogen and oxygen atoms in total. The Morgan fingerprint density at radius 2 is 1.71 bits per heavy atom. The minimum Gasteiger partial charge on any atom is -0.508 e. The van der Waals surface area contributed by atoms with Crippen LogP contribution in [0.1, 0.15) is 65.4 Å². The number of benzene rings is 2. The van der Waals surface area contributed by atoms with E-state index in [2.05, 4.69) is 15.6 Å². The highest BCUT2D eigenvalue weighted by molar-refractivity contribution is 5.92. The number of rotatable bonds is 11. The van der Waals surface area contributed by atoms with Crippen molar-refractivity contribution in [2.45, 2.75) is 77.9 Å². The number of pyridine rings is 1. The van der Waals surface area contributed by atoms with Crippen LogP contribution in [0.2, 0.25) is 0 Å². The van der Waals surface area contributed by atoms with Crippen molar-refractivity contribution in [3.8, 4) is 5.75 Å². The van der Waals surface area contributed by atoms with E-state index in [1.807, 2.05) is 64.1 Å². The van der Waals surface area contributed by atoms with E-state index in [0.717, 1.165) is 30.0 Å². The van der Waals surface area contributed by atoms with Gasteiger partial charge in [0.05, 0.1) is 0 Å². The molecular formula is C30H43N5O3. The van der Waals surface area contributed by atoms with Crippen molar-refractivity contribution in [2.75, 3.05) is 12.4 Å². The first-order valence-corrected chi connectivity index (χ1v) is 13.3. The minimum absolute atomic E-state index is 0.140. The van der Waals surface area contributed by atoms with Crippen LogP contribution in [0.3, 0.4) is 0 Å². The quantitative estimate of drug-likeness (QED) is 0.254. The number of anilines is 1. The molecule has 0 spiro atoms. The van der Waals surface area contributed by atoms with Crippen LogP contribution >= 0.6 is 0 Å². The maximum atomic E-state index is 12.9. The first-order valence-electron chi connectivity index (χ1n) is 13.3. The number of nitrogens with zero attached hydrogens (tertiary/aromatic N) is 2. The molecule has 5 N–H and O–H groups in total. The van der Waals surface area contributed by atoms with Crippen LogP contribution < -0.4 is 16.4 Å². The molecule has 0 saturated heterocycles. The molecule has 1 atom stereocenters. The van der Waals surface area contributed by atoms with Crippen molar-refractivity contribution in [2.24, 2.45) is 5.73 Å². The van der Waals surface area contributed by atoms with Gasteiger partial charge in [-0.1, -0.05) is 56.3 Å². The van der Waals surface area contributed by atoms with E-state index in [0.29, 0.717) is 17.8 Å². The number of urea groups is 1. The Balaban J connectivity index is 0.00000247. The van der Waals surface area contributed by atoms with E-state index in [1.165, 1.54) is 0 Å². The molecule has 1 heterocycles. The molecule has 0 saturated carbocycles. The SMILES string of the molecule is CC.CN(C(=O)NCc1ccccc1O)C(CCCC(C)(C)N)CCC(=O)Nc1cc2ccccc2cn1. The zero-order chi connectivity index (χ0) is 28.1. The van der Waals surface area contributed by atoms with Crippen LogP contribution in [-0.2, 0) is 11.3 Å². The summed E-state index contributed by atoms with van der Waals surface area (Å²) >= 11 is 0. The van der Waals surface area contributed by atoms with Gasteiger partial charge in [0.1, 0.15) is 11.6 Å². The summed E-state index contributed by atoms with van der Waals surface area (Å²) in [6, 6.07) is 16.2. The highest BCUT2D eigenvalue weighted by Crippen LogP contribution is 2.20. The predicted molar refractivity (Wildman–Crippen MR) is 155 cm³/mol. The Hall–Kier alpha value is -3.65. The topological polar surface area (TPSA) is 121 Å². The number of carbonyl (C=O) groups is 2. The third kappa shape index (κ3) is 10.0. The number of carbonyl (C=O) groups excluding carboxylic acids is 2. The van der Waals surface area contributed by atoms with E-state index in [-0.39, 0.29) is 42.2 Å². The van der Waals surface area contributed by atoms with Crippen LogP contribution in [0.15, 0.2) is 60.8 Å². The predicted octanol–water partition coefficient (Wildman–Crippen LogP) is 5.80. The summed E-state index contributed by atoms with van der Waals surface area (Å²) in [6.45, 7) is 8.18. The number of nitrogens with two attached hydrogens (primary N) is 1. The normalized spacial score (nSPS) is 11.7. The standard InChI is InChI=1S/C28H37N5O3.C2H6/c1-28(2,29)16-8-12-23(33(3)27(36)31-19-22-11-6-7-13-24(22)34)14-15-26(35)32-25-17-20-9-4-5-10-21(20)18-30-25;1-2/h4-7,9-11,13,17-18,23,34H,8,12,14-16,19,29H2,1-3H3,(H,31,36)(H,30,32,35);1-2H3. The molecule has 1 unspecified atom stereocenters. The van der Waals surface area contributed by atoms with E-state index in [9.17, 15) is 14.7 Å². The summed E-state index contributed by atoms with van der Waals surface area (Å²) in [6.07, 6.45) is 4.87. The van der Waals surface area contributed by atoms with Gasteiger partial charge >= 0.3 is 6.03 Å². The fraction of sp³-hybridized carbons (Fsp3) is 0.433. The van der Waals surface area contributed by atoms with Crippen LogP contribution in [0.4, 0.5) is 10.6 Å². The van der Waals surface area contributed by atoms with Crippen molar-refractivity contribution in [3.05, 3.63) is 66.4 Å². The van der Waals surface area contributed by atoms with Crippen LogP contribution in [0.5, 0.6) is 5.75 Å². The van der Waals surface area contributed by atoms with Crippen molar-refractivity contribution in [3.63, 3.8) is 0 Å². The lowest BCUT2D eigenvalue weighted by molar-refractivity contribution is -0.116. The van der Waals surface area contributed by atoms with Crippen molar-refractivity contribution in [1.82, 2.24) is 15.2 Å². The molecule has 3 amide bonds. The summed E-state index contributed by atoms with van der Waals surface area (Å²) in [7, 11) is 1.74. The molecule has 0 bridgehead atoms. The van der Waals surface area contributed by atoms with Gasteiger partial charge in [0.15, 0.2) is 0 Å². The van der Waals surface area contributed by atoms with Gasteiger partial charge in [-0.15, -0.1) is 0 Å². The Bertz CT molecular complexity index is 1180. The molecule has 8 heteroatoms. The molecule has 1 aromatic heterocycles. The highest BCUT2D eigenvalue weighted by atomic mass is 16.3. The van der Waals surface area contributed by atoms with Gasteiger partial charge in [0.2, 0.25) is 5.91 Å². The second-order valence-corrected chi connectivity index (χ2v) is 9.94. The highest BCUT2D eigenvalue weighted by Gasteiger charge is 2.22. The molecule has 0 radical (unpaired) electrons. The maximum absolute atomic E-state index is 12.9. The maximum Gasteiger partial charge on any atom is 0.317 e. The number of aromatic hydroxyl groups is 1. The third-order valence-corrected chi connectivity index (χ3v) is 6.25. The number of amides is 3. The first kappa shape index (κ1) is 30.6. The Labute approximate surface area is 226 Å². The summed E-state index contributed by atoms with van der Waals surface area (Å²) in [4.78, 5) is 31.6. The number of para-hydroxylation sites is 1. The Morgan fingerprint density at radius 3 is 2.39 bits per heavy atom. The van der Waals surface area contributed by atoms with Gasteiger partial charge in [0.25, 0.3) is 0 Å². The van der Waals surface area contributed by atoms with Crippen LogP contribution in [0, 0.1) is 0 Å².